The zero-order valence-electron chi connectivity index (χ0n) is 19.0. The van der Waals surface area contributed by atoms with Crippen LogP contribution in [0.3, 0.4) is 0 Å². The molecule has 2 rings (SSSR count). The molecule has 0 saturated heterocycles. The molecule has 34 heavy (non-hydrogen) atoms. The van der Waals surface area contributed by atoms with Gasteiger partial charge in [-0.05, 0) is 47.5 Å². The third-order valence-electron chi connectivity index (χ3n) is 4.46. The third-order valence-corrected chi connectivity index (χ3v) is 4.46. The first-order valence-corrected chi connectivity index (χ1v) is 9.69. The summed E-state index contributed by atoms with van der Waals surface area (Å²) in [5.41, 5.74) is 4.69. The van der Waals surface area contributed by atoms with Gasteiger partial charge in [-0.3, -0.25) is 20.4 Å². The van der Waals surface area contributed by atoms with Gasteiger partial charge in [0.2, 0.25) is 0 Å². The van der Waals surface area contributed by atoms with Crippen molar-refractivity contribution in [1.82, 2.24) is 10.9 Å². The topological polar surface area (TPSA) is 143 Å². The van der Waals surface area contributed by atoms with Crippen LogP contribution in [0.5, 0.6) is 23.0 Å². The van der Waals surface area contributed by atoms with E-state index in [0.717, 1.165) is 0 Å². The molecule has 0 bridgehead atoms. The Balaban J connectivity index is 2.15. The average molecular weight is 462 g/mol. The normalized spacial score (nSPS) is 10.9. The van der Waals surface area contributed by atoms with Crippen LogP contribution >= 0.6 is 0 Å². The van der Waals surface area contributed by atoms with Crippen LogP contribution in [-0.4, -0.2) is 40.3 Å². The maximum atomic E-state index is 12.4. The second-order valence-corrected chi connectivity index (χ2v) is 6.48. The lowest BCUT2D eigenvalue weighted by Crippen LogP contribution is -2.42. The highest BCUT2D eigenvalue weighted by molar-refractivity contribution is 6.05. The fraction of sp³-hybridized carbons (Fsp3) is 0.167. The smallest absolute Gasteiger partial charge is 0.280 e. The second kappa shape index (κ2) is 12.2. The van der Waals surface area contributed by atoms with Crippen LogP contribution < -0.4 is 29.8 Å². The number of hydrogen-bond acceptors (Lipinski definition) is 8. The summed E-state index contributed by atoms with van der Waals surface area (Å²) in [7, 11) is 5.89. The number of hydrogen-bond donors (Lipinski definition) is 2. The molecule has 0 radical (unpaired) electrons. The van der Waals surface area contributed by atoms with Crippen molar-refractivity contribution in [2.75, 3.05) is 28.4 Å². The zero-order chi connectivity index (χ0) is 25.1. The molecule has 0 aliphatic carbocycles. The van der Waals surface area contributed by atoms with Crippen molar-refractivity contribution in [3.63, 3.8) is 0 Å². The summed E-state index contributed by atoms with van der Waals surface area (Å²) < 4.78 is 20.7. The minimum atomic E-state index is -0.867. The molecule has 0 aliphatic heterocycles. The number of methoxy groups -OCH3 is 4. The lowest BCUT2D eigenvalue weighted by atomic mass is 10.1. The van der Waals surface area contributed by atoms with Crippen LogP contribution in [0.15, 0.2) is 47.5 Å². The summed E-state index contributed by atoms with van der Waals surface area (Å²) >= 11 is 0. The Labute approximate surface area is 196 Å². The Morgan fingerprint density at radius 2 is 1.03 bits per heavy atom. The number of nitriles is 2. The minimum Gasteiger partial charge on any atom is -0.493 e. The number of nitrogens with one attached hydrogen (secondary N) is 2. The Morgan fingerprint density at radius 1 is 0.676 bits per heavy atom. The summed E-state index contributed by atoms with van der Waals surface area (Å²) in [5, 5.41) is 18.7. The fourth-order valence-electron chi connectivity index (χ4n) is 2.76. The second-order valence-electron chi connectivity index (χ2n) is 6.48. The summed E-state index contributed by atoms with van der Waals surface area (Å²) in [6.45, 7) is 0. The van der Waals surface area contributed by atoms with Crippen molar-refractivity contribution in [3.05, 3.63) is 58.7 Å². The van der Waals surface area contributed by atoms with Gasteiger partial charge < -0.3 is 18.9 Å². The molecule has 10 nitrogen and oxygen atoms in total. The Kier molecular flexibility index (Phi) is 9.06. The maximum Gasteiger partial charge on any atom is 0.280 e. The summed E-state index contributed by atoms with van der Waals surface area (Å²) in [6, 6.07) is 13.2. The Bertz CT molecular complexity index is 1130. The van der Waals surface area contributed by atoms with E-state index in [9.17, 15) is 20.1 Å². The van der Waals surface area contributed by atoms with Crippen LogP contribution in [0, 0.1) is 22.7 Å². The molecule has 0 aromatic heterocycles. The van der Waals surface area contributed by atoms with E-state index in [0.29, 0.717) is 34.1 Å². The van der Waals surface area contributed by atoms with E-state index >= 15 is 0 Å². The van der Waals surface area contributed by atoms with Crippen LogP contribution in [-0.2, 0) is 9.59 Å². The summed E-state index contributed by atoms with van der Waals surface area (Å²) in [5.74, 6) is 0.0749. The quantitative estimate of drug-likeness (QED) is 0.346. The average Bonchev–Trinajstić information content (AvgIpc) is 2.88. The van der Waals surface area contributed by atoms with Crippen molar-refractivity contribution < 1.29 is 28.5 Å². The lowest BCUT2D eigenvalue weighted by molar-refractivity contribution is -0.124. The first kappa shape index (κ1) is 25.3. The summed E-state index contributed by atoms with van der Waals surface area (Å²) in [4.78, 5) is 24.8. The first-order valence-electron chi connectivity index (χ1n) is 9.69. The van der Waals surface area contributed by atoms with Gasteiger partial charge in [0.05, 0.1) is 28.4 Å². The number of carbonyl (C=O) groups is 2. The van der Waals surface area contributed by atoms with Crippen molar-refractivity contribution in [1.29, 1.82) is 10.5 Å². The Hall–Kier alpha value is -4.96. The molecule has 2 aromatic carbocycles. The van der Waals surface area contributed by atoms with Crippen molar-refractivity contribution in [2.45, 2.75) is 0 Å². The summed E-state index contributed by atoms with van der Waals surface area (Å²) in [6.07, 6.45) is 2.63. The molecule has 0 saturated carbocycles. The third kappa shape index (κ3) is 6.28. The molecule has 0 unspecified atom stereocenters. The molecule has 2 amide bonds. The van der Waals surface area contributed by atoms with E-state index in [1.165, 1.54) is 40.6 Å². The number of nitrogens with zero attached hydrogens (tertiary/aromatic N) is 2. The first-order chi connectivity index (χ1) is 16.4. The van der Waals surface area contributed by atoms with E-state index in [2.05, 4.69) is 10.9 Å². The largest absolute Gasteiger partial charge is 0.493 e. The van der Waals surface area contributed by atoms with Gasteiger partial charge in [-0.15, -0.1) is 0 Å². The Morgan fingerprint density at radius 3 is 1.32 bits per heavy atom. The maximum absolute atomic E-state index is 12.4. The number of rotatable bonds is 8. The van der Waals surface area contributed by atoms with Crippen LogP contribution in [0.1, 0.15) is 11.1 Å². The van der Waals surface area contributed by atoms with Crippen LogP contribution in [0.2, 0.25) is 0 Å². The van der Waals surface area contributed by atoms with Gasteiger partial charge in [0.25, 0.3) is 11.8 Å². The minimum absolute atomic E-state index is 0.283. The van der Waals surface area contributed by atoms with Gasteiger partial charge in [-0.2, -0.15) is 10.5 Å². The standard InChI is InChI=1S/C24H22N4O6/c1-31-19-7-5-15(11-21(19)33-3)9-17(13-25)23(29)27-28-24(30)18(14-26)10-16-6-8-20(32-2)22(12-16)34-4/h5-12H,1-4H3,(H,27,29)(H,28,30)/b17-9+,18-10+. The molecule has 10 heteroatoms. The van der Waals surface area contributed by atoms with Crippen molar-refractivity contribution in [3.8, 4) is 35.1 Å². The molecule has 2 aromatic rings. The van der Waals surface area contributed by atoms with E-state index in [-0.39, 0.29) is 11.1 Å². The molecule has 174 valence electrons. The van der Waals surface area contributed by atoms with Gasteiger partial charge in [-0.25, -0.2) is 0 Å². The molecule has 0 atom stereocenters. The predicted octanol–water partition coefficient (Wildman–Crippen LogP) is 2.38. The molecule has 0 fully saturated rings. The number of amides is 2. The van der Waals surface area contributed by atoms with E-state index in [4.69, 9.17) is 18.9 Å². The highest BCUT2D eigenvalue weighted by atomic mass is 16.5. The number of benzene rings is 2. The van der Waals surface area contributed by atoms with Gasteiger partial charge >= 0.3 is 0 Å². The van der Waals surface area contributed by atoms with Crippen molar-refractivity contribution in [2.24, 2.45) is 0 Å². The van der Waals surface area contributed by atoms with Gasteiger partial charge in [0.15, 0.2) is 23.0 Å². The fourth-order valence-corrected chi connectivity index (χ4v) is 2.76. The number of ether oxygens (including phenoxy) is 4. The molecule has 0 spiro atoms. The molecular weight excluding hydrogens is 440 g/mol. The van der Waals surface area contributed by atoms with E-state index < -0.39 is 11.8 Å². The zero-order valence-corrected chi connectivity index (χ0v) is 19.0. The van der Waals surface area contributed by atoms with Crippen molar-refractivity contribution >= 4 is 24.0 Å². The molecule has 0 heterocycles. The van der Waals surface area contributed by atoms with E-state index in [1.54, 1.807) is 48.5 Å². The van der Waals surface area contributed by atoms with Crippen LogP contribution in [0.4, 0.5) is 0 Å². The highest BCUT2D eigenvalue weighted by Crippen LogP contribution is 2.29. The molecule has 0 aliphatic rings. The van der Waals surface area contributed by atoms with Gasteiger partial charge in [-0.1, -0.05) is 12.1 Å². The lowest BCUT2D eigenvalue weighted by Gasteiger charge is -2.09. The molecule has 2 N–H and O–H groups in total. The van der Waals surface area contributed by atoms with Gasteiger partial charge in [0, 0.05) is 0 Å². The van der Waals surface area contributed by atoms with Gasteiger partial charge in [0.1, 0.15) is 23.3 Å². The molecular formula is C24H22N4O6. The predicted molar refractivity (Wildman–Crippen MR) is 123 cm³/mol. The SMILES string of the molecule is COc1ccc(/C=C(\C#N)C(=O)NNC(=O)/C(C#N)=C/c2ccc(OC)c(OC)c2)cc1OC. The van der Waals surface area contributed by atoms with Crippen LogP contribution in [0.25, 0.3) is 12.2 Å². The van der Waals surface area contributed by atoms with E-state index in [1.807, 2.05) is 0 Å². The number of hydrazine groups is 1. The monoisotopic (exact) mass is 462 g/mol. The number of carbonyl (C=O) groups excluding carboxylic acids is 2. The highest BCUT2D eigenvalue weighted by Gasteiger charge is 2.14.